The van der Waals surface area contributed by atoms with Crippen molar-refractivity contribution in [1.82, 2.24) is 5.01 Å². The number of carbonyl (C=O) groups excluding carboxylic acids is 1. The summed E-state index contributed by atoms with van der Waals surface area (Å²) < 4.78 is 16.3. The van der Waals surface area contributed by atoms with E-state index < -0.39 is 0 Å². The van der Waals surface area contributed by atoms with Crippen molar-refractivity contribution in [2.24, 2.45) is 5.10 Å². The van der Waals surface area contributed by atoms with E-state index in [0.717, 1.165) is 22.6 Å². The van der Waals surface area contributed by atoms with E-state index in [0.29, 0.717) is 22.8 Å². The molecule has 0 bridgehead atoms. The van der Waals surface area contributed by atoms with Crippen molar-refractivity contribution in [3.63, 3.8) is 0 Å². The van der Waals surface area contributed by atoms with Gasteiger partial charge in [0.2, 0.25) is 0 Å². The van der Waals surface area contributed by atoms with Gasteiger partial charge in [-0.15, -0.1) is 11.3 Å². The number of carbonyl (C=O) groups is 1. The molecule has 7 heteroatoms. The Labute approximate surface area is 179 Å². The normalized spacial score (nSPS) is 15.6. The molecule has 6 nitrogen and oxygen atoms in total. The first-order chi connectivity index (χ1) is 14.7. The van der Waals surface area contributed by atoms with Gasteiger partial charge in [0.1, 0.15) is 5.75 Å². The molecule has 0 fully saturated rings. The lowest BCUT2D eigenvalue weighted by atomic mass is 9.97. The number of thiophene rings is 1. The highest BCUT2D eigenvalue weighted by atomic mass is 32.1. The number of methoxy groups -OCH3 is 3. The van der Waals surface area contributed by atoms with Crippen LogP contribution in [0.5, 0.6) is 17.2 Å². The van der Waals surface area contributed by atoms with Gasteiger partial charge in [0.05, 0.1) is 38.0 Å². The fraction of sp³-hybridized carbons (Fsp3) is 0.217. The summed E-state index contributed by atoms with van der Waals surface area (Å²) >= 11 is 1.40. The predicted octanol–water partition coefficient (Wildman–Crippen LogP) is 4.77. The molecule has 0 radical (unpaired) electrons. The second-order valence-corrected chi connectivity index (χ2v) is 7.65. The van der Waals surface area contributed by atoms with E-state index in [9.17, 15) is 4.79 Å². The molecular weight excluding hydrogens is 400 g/mol. The molecule has 154 valence electrons. The summed E-state index contributed by atoms with van der Waals surface area (Å²) in [6.07, 6.45) is 0.562. The van der Waals surface area contributed by atoms with Gasteiger partial charge in [-0.05, 0) is 35.7 Å². The van der Waals surface area contributed by atoms with Crippen LogP contribution in [-0.2, 0) is 0 Å². The molecular formula is C23H22N2O4S. The number of benzene rings is 2. The Morgan fingerprint density at radius 1 is 0.967 bits per heavy atom. The Kier molecular flexibility index (Phi) is 5.72. The van der Waals surface area contributed by atoms with Crippen LogP contribution in [-0.4, -0.2) is 38.0 Å². The van der Waals surface area contributed by atoms with E-state index in [1.54, 1.807) is 26.3 Å². The van der Waals surface area contributed by atoms with Crippen molar-refractivity contribution >= 4 is 23.0 Å². The highest BCUT2D eigenvalue weighted by Gasteiger charge is 2.35. The first-order valence-electron chi connectivity index (χ1n) is 9.46. The van der Waals surface area contributed by atoms with Gasteiger partial charge in [-0.25, -0.2) is 5.01 Å². The highest BCUT2D eigenvalue weighted by Crippen LogP contribution is 2.39. The van der Waals surface area contributed by atoms with Crippen LogP contribution in [0.2, 0.25) is 0 Å². The smallest absolute Gasteiger partial charge is 0.284 e. The maximum absolute atomic E-state index is 13.2. The van der Waals surface area contributed by atoms with Crippen molar-refractivity contribution in [1.29, 1.82) is 0 Å². The number of rotatable bonds is 6. The van der Waals surface area contributed by atoms with Crippen LogP contribution in [0.3, 0.4) is 0 Å². The van der Waals surface area contributed by atoms with E-state index in [1.165, 1.54) is 11.3 Å². The summed E-state index contributed by atoms with van der Waals surface area (Å²) in [5.74, 6) is 1.87. The Morgan fingerprint density at radius 2 is 1.73 bits per heavy atom. The van der Waals surface area contributed by atoms with E-state index >= 15 is 0 Å². The van der Waals surface area contributed by atoms with Crippen LogP contribution in [0.1, 0.15) is 33.3 Å². The molecule has 0 saturated heterocycles. The minimum atomic E-state index is -0.265. The number of ether oxygens (including phenoxy) is 3. The fourth-order valence-corrected chi connectivity index (χ4v) is 4.24. The number of nitrogens with zero attached hydrogens (tertiary/aromatic N) is 2. The molecule has 1 atom stereocenters. The standard InChI is InChI=1S/C23H22N2O4S/c1-27-19-8-5-4-7-16(19)18-14-17(15-10-11-20(28-2)21(13-15)29-3)24-25(18)23(26)22-9-6-12-30-22/h4-13,18H,14H2,1-3H3/t18-/m1/s1. The third kappa shape index (κ3) is 3.64. The lowest BCUT2D eigenvalue weighted by Crippen LogP contribution is -2.26. The van der Waals surface area contributed by atoms with Gasteiger partial charge in [-0.1, -0.05) is 24.3 Å². The first-order valence-corrected chi connectivity index (χ1v) is 10.3. The van der Waals surface area contributed by atoms with Crippen LogP contribution < -0.4 is 14.2 Å². The number of hydrogen-bond acceptors (Lipinski definition) is 6. The first kappa shape index (κ1) is 20.0. The minimum Gasteiger partial charge on any atom is -0.496 e. The van der Waals surface area contributed by atoms with Gasteiger partial charge in [-0.2, -0.15) is 5.10 Å². The van der Waals surface area contributed by atoms with Crippen LogP contribution in [0.15, 0.2) is 65.1 Å². The molecule has 2 aromatic carbocycles. The van der Waals surface area contributed by atoms with E-state index in [-0.39, 0.29) is 11.9 Å². The highest BCUT2D eigenvalue weighted by molar-refractivity contribution is 7.12. The van der Waals surface area contributed by atoms with Crippen molar-refractivity contribution in [2.45, 2.75) is 12.5 Å². The van der Waals surface area contributed by atoms with Gasteiger partial charge in [-0.3, -0.25) is 4.79 Å². The molecule has 2 heterocycles. The fourth-order valence-electron chi connectivity index (χ4n) is 3.59. The van der Waals surface area contributed by atoms with Gasteiger partial charge in [0.25, 0.3) is 5.91 Å². The van der Waals surface area contributed by atoms with E-state index in [2.05, 4.69) is 0 Å². The Balaban J connectivity index is 1.76. The van der Waals surface area contributed by atoms with Gasteiger partial charge >= 0.3 is 0 Å². The summed E-state index contributed by atoms with van der Waals surface area (Å²) in [6.45, 7) is 0. The zero-order chi connectivity index (χ0) is 21.1. The van der Waals surface area contributed by atoms with Gasteiger partial charge < -0.3 is 14.2 Å². The topological polar surface area (TPSA) is 60.4 Å². The Bertz CT molecular complexity index is 1080. The molecule has 1 aliphatic heterocycles. The second-order valence-electron chi connectivity index (χ2n) is 6.71. The molecule has 30 heavy (non-hydrogen) atoms. The van der Waals surface area contributed by atoms with Crippen LogP contribution in [0, 0.1) is 0 Å². The van der Waals surface area contributed by atoms with Crippen molar-refractivity contribution < 1.29 is 19.0 Å². The molecule has 0 N–H and O–H groups in total. The molecule has 1 aliphatic rings. The summed E-state index contributed by atoms with van der Waals surface area (Å²) in [5.41, 5.74) is 2.61. The monoisotopic (exact) mass is 422 g/mol. The summed E-state index contributed by atoms with van der Waals surface area (Å²) in [6, 6.07) is 16.8. The quantitative estimate of drug-likeness (QED) is 0.574. The van der Waals surface area contributed by atoms with Crippen molar-refractivity contribution in [3.8, 4) is 17.2 Å². The average molecular weight is 423 g/mol. The Morgan fingerprint density at radius 3 is 2.43 bits per heavy atom. The average Bonchev–Trinajstić information content (AvgIpc) is 3.48. The zero-order valence-corrected chi connectivity index (χ0v) is 17.8. The SMILES string of the molecule is COc1ccc(C2=NN(C(=O)c3cccs3)[C@@H](c3ccccc3OC)C2)cc1OC. The van der Waals surface area contributed by atoms with Gasteiger partial charge in [0.15, 0.2) is 11.5 Å². The molecule has 0 aliphatic carbocycles. The number of amides is 1. The van der Waals surface area contributed by atoms with Crippen molar-refractivity contribution in [2.75, 3.05) is 21.3 Å². The molecule has 1 aromatic heterocycles. The zero-order valence-electron chi connectivity index (χ0n) is 17.0. The molecule has 0 spiro atoms. The lowest BCUT2D eigenvalue weighted by Gasteiger charge is -2.23. The minimum absolute atomic E-state index is 0.128. The van der Waals surface area contributed by atoms with Gasteiger partial charge in [0, 0.05) is 17.5 Å². The molecule has 0 saturated carbocycles. The van der Waals surface area contributed by atoms with Crippen LogP contribution in [0.25, 0.3) is 0 Å². The Hall–Kier alpha value is -3.32. The van der Waals surface area contributed by atoms with E-state index in [4.69, 9.17) is 19.3 Å². The molecule has 0 unspecified atom stereocenters. The summed E-state index contributed by atoms with van der Waals surface area (Å²) in [7, 11) is 4.83. The maximum atomic E-state index is 13.2. The van der Waals surface area contributed by atoms with Crippen LogP contribution in [0.4, 0.5) is 0 Å². The third-order valence-electron chi connectivity index (χ3n) is 5.07. The van der Waals surface area contributed by atoms with Crippen LogP contribution >= 0.6 is 11.3 Å². The molecule has 4 rings (SSSR count). The van der Waals surface area contributed by atoms with Crippen molar-refractivity contribution in [3.05, 3.63) is 76.0 Å². The molecule has 3 aromatic rings. The lowest BCUT2D eigenvalue weighted by molar-refractivity contribution is 0.0714. The second kappa shape index (κ2) is 8.59. The number of hydrogen-bond donors (Lipinski definition) is 0. The summed E-state index contributed by atoms with van der Waals surface area (Å²) in [5, 5.41) is 8.19. The number of para-hydroxylation sites is 1. The maximum Gasteiger partial charge on any atom is 0.284 e. The summed E-state index contributed by atoms with van der Waals surface area (Å²) in [4.78, 5) is 13.9. The third-order valence-corrected chi connectivity index (χ3v) is 5.92. The molecule has 1 amide bonds. The van der Waals surface area contributed by atoms with E-state index in [1.807, 2.05) is 60.0 Å². The predicted molar refractivity (Wildman–Crippen MR) is 117 cm³/mol. The largest absolute Gasteiger partial charge is 0.496 e. The number of hydrazone groups is 1.